The first-order chi connectivity index (χ1) is 65.0. The lowest BCUT2D eigenvalue weighted by Crippen LogP contribution is -2.67. The summed E-state index contributed by atoms with van der Waals surface area (Å²) < 4.78 is 118. The minimum atomic E-state index is -2.19. The molecule has 4 saturated carbocycles. The number of phenols is 1. The molecule has 0 spiro atoms. The third-order valence-corrected chi connectivity index (χ3v) is 32.9. The highest BCUT2D eigenvalue weighted by molar-refractivity contribution is 5.87. The van der Waals surface area contributed by atoms with Crippen LogP contribution >= 0.6 is 0 Å². The highest BCUT2D eigenvalue weighted by Gasteiger charge is 2.71. The lowest BCUT2D eigenvalue weighted by molar-refractivity contribution is -0.387. The smallest absolute Gasteiger partial charge is 0.331 e. The first kappa shape index (κ1) is 108. The molecule has 1 aromatic rings. The lowest BCUT2D eigenvalue weighted by atomic mass is 9.33. The van der Waals surface area contributed by atoms with Crippen molar-refractivity contribution < 1.29 is 227 Å². The minimum absolute atomic E-state index is 0.00924. The van der Waals surface area contributed by atoms with Gasteiger partial charge in [-0.15, -0.1) is 0 Å². The van der Waals surface area contributed by atoms with E-state index in [1.165, 1.54) is 52.2 Å². The molecule has 24 N–H and O–H groups in total. The number of phenolic OH excluding ortho intramolecular Hbond substituents is 1. The van der Waals surface area contributed by atoms with Crippen molar-refractivity contribution in [2.45, 2.75) is 404 Å². The first-order valence-electron chi connectivity index (χ1n) is 47.6. The highest BCUT2D eigenvalue weighted by atomic mass is 16.8. The quantitative estimate of drug-likeness (QED) is 0.0177. The van der Waals surface area contributed by atoms with E-state index in [-0.39, 0.29) is 51.1 Å². The van der Waals surface area contributed by atoms with Crippen molar-refractivity contribution in [1.29, 1.82) is 0 Å². The van der Waals surface area contributed by atoms with E-state index >= 15 is 4.79 Å². The Hall–Kier alpha value is -4.36. The van der Waals surface area contributed by atoms with E-state index in [2.05, 4.69) is 54.5 Å². The number of fused-ring (bicyclic) bond motifs is 7. The van der Waals surface area contributed by atoms with E-state index in [0.717, 1.165) is 24.5 Å². The fraction of sp³-hybridized carbons (Fsp3) is 0.870. The van der Waals surface area contributed by atoms with Crippen molar-refractivity contribution in [3.8, 4) is 11.5 Å². The minimum Gasteiger partial charge on any atom is -0.504 e. The number of carbonyl (C=O) groups excluding carboxylic acids is 2. The number of benzene rings is 1. The number of aromatic hydroxyl groups is 1. The third-order valence-electron chi connectivity index (χ3n) is 32.9. The predicted molar refractivity (Wildman–Crippen MR) is 457 cm³/mol. The van der Waals surface area contributed by atoms with Gasteiger partial charge in [0, 0.05) is 6.08 Å². The third kappa shape index (κ3) is 20.3. The van der Waals surface area contributed by atoms with Crippen LogP contribution in [0.1, 0.15) is 139 Å². The molecule has 46 heteroatoms. The monoisotopic (exact) mass is 1980 g/mol. The molecule has 51 atom stereocenters. The Morgan fingerprint density at radius 2 is 0.935 bits per heavy atom. The highest BCUT2D eigenvalue weighted by Crippen LogP contribution is 2.76. The second-order valence-corrected chi connectivity index (χ2v) is 42.1. The maximum atomic E-state index is 15.5. The van der Waals surface area contributed by atoms with Crippen molar-refractivity contribution in [3.63, 3.8) is 0 Å². The summed E-state index contributed by atoms with van der Waals surface area (Å²) in [5, 5.41) is 268. The zero-order valence-corrected chi connectivity index (χ0v) is 78.6. The molecule has 0 unspecified atom stereocenters. The van der Waals surface area contributed by atoms with Crippen LogP contribution < -0.4 is 4.74 Å². The standard InChI is InChI=1S/C92H142O46/c1-34-52(98)59(105)66(112)77(124-34)121-32-46-57(103)62(108)76(133-51(97)17-13-37-12-15-42(119-11)40(95)26-37)85(131-46)135-73-44(29-94)128-81(70(116)64(73)110)129-47-33-123-79(65(111)58(47)104)136-74-54(100)36(3)126-83(71(74)117)137-75-55(101)41(96)30-120-84(75)132-50-19-20-89(8)48(88(50,6)7)18-21-91(10)49(89)16-14-38-39-27-87(4,5)22-24-92(39,25-23-90(38,91)9)86(118)138-82-68(114)61(107)56(102)45(130-82)31-122-78-69(115)63(109)72(43(28-93)127-78)134-80-67(113)60(106)53(99)35(2)125-80/h12-15,17,26,34-36,39,41,43-50,52-85,93-96,98-117H,16,18-25,27-33H2,1-11H3/b17-13+/t34-,35-,36-,39-,41-,43+,44+,45+,46+,47+,48-,49+,50-,52-,53-,54-,55-,56+,57+,58+,59+,60+,61-,62-,63+,64+,65+,66+,67+,68+,69+,70+,71+,72+,73+,74+,75+,76+,77+,78+,79-,80-,81-,82-,83-,84-,85-,89-,90+,91+,92-/m0/s1. The average molecular weight is 1980 g/mol. The van der Waals surface area contributed by atoms with Crippen molar-refractivity contribution in [3.05, 3.63) is 41.5 Å². The van der Waals surface area contributed by atoms with Crippen molar-refractivity contribution in [1.82, 2.24) is 0 Å². The molecular formula is C92H142O46. The van der Waals surface area contributed by atoms with Gasteiger partial charge in [-0.1, -0.05) is 66.2 Å². The molecule has 0 bridgehead atoms. The summed E-state index contributed by atoms with van der Waals surface area (Å²) in [6, 6.07) is 4.14. The molecule has 13 fully saturated rings. The SMILES string of the molecule is COc1ccc(/C=C/C(=O)O[C@H]2[C@H](O[C@H]3[C@H](O)[C@@H](O)[C@H](O[C@@H]4CO[C@@H](O[C@@H]5[C@@H](O)[C@H](C)O[C@@H](O[C@H]6[C@H](O[C@H]7CC[C@]8(C)[C@H]9CC=C%10[C@@H]%11CC(C)(C)CC[C@]%11(C(=O)O[C@@H]%11O[C@H](CO[C@@H]%12O[C@H](CO)[C@@H](O[C@@H]%13O[C@@H](C)[C@H](O)[C@@H](O)[C@H]%13O)[C@H](O)[C@H]%12O)[C@@H](O)[C@H](O)[C@H]%11O)CC[C@@]%10(C)[C@]9(C)CC[C@H]8C7(C)C)OC[C@H](O)[C@@H]6O)[C@@H]5O)[C@H](O)[C@@H]4O)O[C@@H]3CO)O[C@H](CO[C@@H]3O[C@@H](C)[C@H](O)[C@@H](O)[C@H]3O)[C@@H](O)[C@@H]2O)cc1O. The fourth-order valence-electron chi connectivity index (χ4n) is 24.2. The normalized spacial score (nSPS) is 50.8. The molecule has 0 radical (unpaired) electrons. The van der Waals surface area contributed by atoms with Gasteiger partial charge in [0.05, 0.1) is 76.6 Å². The maximum Gasteiger partial charge on any atom is 0.331 e. The van der Waals surface area contributed by atoms with Gasteiger partial charge in [0.15, 0.2) is 67.9 Å². The molecule has 0 amide bonds. The van der Waals surface area contributed by atoms with E-state index in [4.69, 9.17) is 94.7 Å². The number of rotatable bonds is 26. The number of carbonyl (C=O) groups is 2. The number of hydrogen-bond donors (Lipinski definition) is 24. The molecule has 14 aliphatic rings. The first-order valence-corrected chi connectivity index (χ1v) is 47.6. The molecule has 1 aromatic carbocycles. The molecule has 9 heterocycles. The Morgan fingerprint density at radius 1 is 0.435 bits per heavy atom. The van der Waals surface area contributed by atoms with E-state index in [1.807, 2.05) is 0 Å². The van der Waals surface area contributed by atoms with Crippen LogP contribution in [0.15, 0.2) is 35.9 Å². The van der Waals surface area contributed by atoms with E-state index in [0.29, 0.717) is 51.4 Å². The Bertz CT molecular complexity index is 4300. The molecular weight excluding hydrogens is 1840 g/mol. The average Bonchev–Trinajstić information content (AvgIpc) is 0.672. The van der Waals surface area contributed by atoms with Gasteiger partial charge in [0.25, 0.3) is 0 Å². The van der Waals surface area contributed by atoms with Gasteiger partial charge in [-0.05, 0) is 154 Å². The number of aliphatic hydroxyl groups excluding tert-OH is 23. The summed E-state index contributed by atoms with van der Waals surface area (Å²) in [7, 11) is 1.32. The molecule has 5 aliphatic carbocycles. The van der Waals surface area contributed by atoms with Crippen molar-refractivity contribution >= 4 is 18.0 Å². The molecule has 9 saturated heterocycles. The molecule has 138 heavy (non-hydrogen) atoms. The van der Waals surface area contributed by atoms with Crippen molar-refractivity contribution in [2.24, 2.45) is 50.2 Å². The van der Waals surface area contributed by atoms with Crippen molar-refractivity contribution in [2.75, 3.05) is 46.8 Å². The Labute approximate surface area is 795 Å². The van der Waals surface area contributed by atoms with Crippen LogP contribution in [0.5, 0.6) is 11.5 Å². The summed E-state index contributed by atoms with van der Waals surface area (Å²) in [5.74, 6) is -2.25. The lowest BCUT2D eigenvalue weighted by Gasteiger charge is -2.71. The largest absolute Gasteiger partial charge is 0.504 e. The van der Waals surface area contributed by atoms with Crippen LogP contribution in [0.4, 0.5) is 0 Å². The number of methoxy groups -OCH3 is 1. The summed E-state index contributed by atoms with van der Waals surface area (Å²) in [6.45, 7) is 15.4. The zero-order chi connectivity index (χ0) is 100. The zero-order valence-electron chi connectivity index (χ0n) is 78.6. The fourth-order valence-corrected chi connectivity index (χ4v) is 24.2. The maximum absolute atomic E-state index is 15.5. The molecule has 786 valence electrons. The van der Waals surface area contributed by atoms with Crippen LogP contribution in [0, 0.1) is 50.2 Å². The number of hydrogen-bond acceptors (Lipinski definition) is 46. The topological polar surface area (TPSA) is 704 Å². The summed E-state index contributed by atoms with van der Waals surface area (Å²) in [6.07, 6.45) is -65.8. The molecule has 15 rings (SSSR count). The van der Waals surface area contributed by atoms with Gasteiger partial charge in [-0.2, -0.15) is 0 Å². The molecule has 0 aromatic heterocycles. The van der Waals surface area contributed by atoms with Gasteiger partial charge in [-0.25, -0.2) is 4.79 Å². The Balaban J connectivity index is 0.567. The van der Waals surface area contributed by atoms with Crippen LogP contribution in [0.2, 0.25) is 0 Å². The van der Waals surface area contributed by atoms with Crippen LogP contribution in [0.3, 0.4) is 0 Å². The number of allylic oxidation sites excluding steroid dienone is 2. The van der Waals surface area contributed by atoms with Crippen LogP contribution in [-0.4, -0.2) is 451 Å². The van der Waals surface area contributed by atoms with E-state index in [1.54, 1.807) is 0 Å². The molecule has 9 aliphatic heterocycles. The number of esters is 2. The predicted octanol–water partition coefficient (Wildman–Crippen LogP) is -6.57. The second-order valence-electron chi connectivity index (χ2n) is 42.1. The van der Waals surface area contributed by atoms with Gasteiger partial charge in [-0.3, -0.25) is 4.79 Å². The van der Waals surface area contributed by atoms with Crippen LogP contribution in [0.25, 0.3) is 6.08 Å². The summed E-state index contributed by atoms with van der Waals surface area (Å²) >= 11 is 0. The number of aliphatic hydroxyl groups is 23. The molecule has 46 nitrogen and oxygen atoms in total. The second kappa shape index (κ2) is 42.5. The number of ether oxygens (including phenoxy) is 20. The van der Waals surface area contributed by atoms with Gasteiger partial charge in [0.1, 0.15) is 183 Å². The Morgan fingerprint density at radius 3 is 1.57 bits per heavy atom. The van der Waals surface area contributed by atoms with E-state index < -0.39 is 338 Å². The van der Waals surface area contributed by atoms with E-state index in [9.17, 15) is 127 Å². The Kier molecular flexibility index (Phi) is 33.2. The summed E-state index contributed by atoms with van der Waals surface area (Å²) in [5.41, 5.74) is -1.70. The van der Waals surface area contributed by atoms with Gasteiger partial charge in [0.2, 0.25) is 6.29 Å². The van der Waals surface area contributed by atoms with Gasteiger partial charge < -0.3 is 217 Å². The van der Waals surface area contributed by atoms with Gasteiger partial charge >= 0.3 is 11.9 Å². The summed E-state index contributed by atoms with van der Waals surface area (Å²) in [4.78, 5) is 29.0. The van der Waals surface area contributed by atoms with Crippen LogP contribution in [-0.2, 0) is 99.6 Å².